The zero-order valence-electron chi connectivity index (χ0n) is 13.2. The van der Waals surface area contributed by atoms with E-state index in [-0.39, 0.29) is 5.91 Å². The van der Waals surface area contributed by atoms with Crippen molar-refractivity contribution in [2.24, 2.45) is 0 Å². The first-order valence-electron chi connectivity index (χ1n) is 7.68. The van der Waals surface area contributed by atoms with E-state index < -0.39 is 30.7 Å². The fourth-order valence-corrected chi connectivity index (χ4v) is 2.45. The molecule has 1 aliphatic rings. The summed E-state index contributed by atoms with van der Waals surface area (Å²) in [6.45, 7) is -0.557. The maximum atomic E-state index is 11.8. The molecule has 25 heavy (non-hydrogen) atoms. The largest absolute Gasteiger partial charge is 0.482 e. The highest BCUT2D eigenvalue weighted by atomic mass is 16.6. The smallest absolute Gasteiger partial charge is 0.344 e. The summed E-state index contributed by atoms with van der Waals surface area (Å²) >= 11 is 0. The molecule has 0 saturated carbocycles. The summed E-state index contributed by atoms with van der Waals surface area (Å²) in [6, 6.07) is 7.70. The number of hydrogen-bond donors (Lipinski definition) is 0. The molecule has 1 fully saturated rings. The highest BCUT2D eigenvalue weighted by Gasteiger charge is 2.26. The van der Waals surface area contributed by atoms with Crippen LogP contribution in [0.1, 0.15) is 12.8 Å². The van der Waals surface area contributed by atoms with Crippen molar-refractivity contribution < 1.29 is 28.3 Å². The summed E-state index contributed by atoms with van der Waals surface area (Å²) in [5, 5.41) is 0.718. The molecule has 0 aliphatic carbocycles. The zero-order chi connectivity index (χ0) is 17.8. The highest BCUT2D eigenvalue weighted by Crippen LogP contribution is 2.19. The van der Waals surface area contributed by atoms with Gasteiger partial charge in [0.15, 0.2) is 13.2 Å². The number of hydrogen-bond acceptors (Lipinski definition) is 7. The molecule has 0 unspecified atom stereocenters. The first-order chi connectivity index (χ1) is 12.0. The van der Waals surface area contributed by atoms with E-state index in [1.807, 2.05) is 0 Å². The number of fused-ring (bicyclic) bond motifs is 1. The van der Waals surface area contributed by atoms with Gasteiger partial charge in [0.2, 0.25) is 5.91 Å². The van der Waals surface area contributed by atoms with Crippen LogP contribution in [0.4, 0.5) is 0 Å². The highest BCUT2D eigenvalue weighted by molar-refractivity contribution is 5.97. The summed E-state index contributed by atoms with van der Waals surface area (Å²) < 4.78 is 15.1. The summed E-state index contributed by atoms with van der Waals surface area (Å²) in [7, 11) is 0. The number of likely N-dealkylation sites (tertiary alicyclic amines) is 1. The van der Waals surface area contributed by atoms with Crippen LogP contribution in [0.3, 0.4) is 0 Å². The van der Waals surface area contributed by atoms with Crippen molar-refractivity contribution in [2.45, 2.75) is 12.8 Å². The molecule has 2 amide bonds. The van der Waals surface area contributed by atoms with Crippen LogP contribution in [-0.2, 0) is 19.1 Å². The Morgan fingerprint density at radius 3 is 2.68 bits per heavy atom. The third-order valence-corrected chi connectivity index (χ3v) is 3.68. The SMILES string of the molecule is O=C(COc1ccc2ccc(=O)oc2c1)OCC(=O)N1CCCC1=O. The van der Waals surface area contributed by atoms with Gasteiger partial charge in [-0.25, -0.2) is 9.59 Å². The molecule has 1 saturated heterocycles. The van der Waals surface area contributed by atoms with Crippen molar-refractivity contribution in [2.75, 3.05) is 19.8 Å². The molecule has 1 aromatic carbocycles. The van der Waals surface area contributed by atoms with Gasteiger partial charge in [0.05, 0.1) is 0 Å². The first-order valence-corrected chi connectivity index (χ1v) is 7.68. The topological polar surface area (TPSA) is 103 Å². The fourth-order valence-electron chi connectivity index (χ4n) is 2.45. The van der Waals surface area contributed by atoms with Gasteiger partial charge in [-0.1, -0.05) is 0 Å². The average molecular weight is 345 g/mol. The lowest BCUT2D eigenvalue weighted by molar-refractivity contribution is -0.155. The predicted octanol–water partition coefficient (Wildman–Crippen LogP) is 0.864. The number of rotatable bonds is 5. The Morgan fingerprint density at radius 1 is 1.12 bits per heavy atom. The van der Waals surface area contributed by atoms with Crippen LogP contribution in [0.5, 0.6) is 5.75 Å². The number of ether oxygens (including phenoxy) is 2. The van der Waals surface area contributed by atoms with Crippen LogP contribution >= 0.6 is 0 Å². The van der Waals surface area contributed by atoms with Crippen LogP contribution in [0, 0.1) is 0 Å². The molecule has 0 N–H and O–H groups in total. The van der Waals surface area contributed by atoms with E-state index in [0.717, 1.165) is 10.3 Å². The van der Waals surface area contributed by atoms with E-state index in [2.05, 4.69) is 0 Å². The van der Waals surface area contributed by atoms with Crippen molar-refractivity contribution >= 4 is 28.8 Å². The number of imide groups is 1. The average Bonchev–Trinajstić information content (AvgIpc) is 3.03. The summed E-state index contributed by atoms with van der Waals surface area (Å²) in [4.78, 5) is 47.1. The monoisotopic (exact) mass is 345 g/mol. The molecule has 0 radical (unpaired) electrons. The second-order valence-corrected chi connectivity index (χ2v) is 5.45. The second kappa shape index (κ2) is 7.16. The number of esters is 1. The van der Waals surface area contributed by atoms with E-state index >= 15 is 0 Å². The van der Waals surface area contributed by atoms with Crippen LogP contribution in [0.15, 0.2) is 39.5 Å². The summed E-state index contributed by atoms with van der Waals surface area (Å²) in [5.74, 6) is -1.22. The predicted molar refractivity (Wildman–Crippen MR) is 84.9 cm³/mol. The molecule has 2 heterocycles. The fraction of sp³-hybridized carbons (Fsp3) is 0.294. The molecule has 3 rings (SSSR count). The van der Waals surface area contributed by atoms with Gasteiger partial charge in [0, 0.05) is 30.5 Å². The van der Waals surface area contributed by atoms with Gasteiger partial charge < -0.3 is 13.9 Å². The van der Waals surface area contributed by atoms with Gasteiger partial charge in [0.1, 0.15) is 11.3 Å². The minimum atomic E-state index is -0.741. The Balaban J connectivity index is 1.51. The lowest BCUT2D eigenvalue weighted by Crippen LogP contribution is -2.35. The number of carbonyl (C=O) groups is 3. The van der Waals surface area contributed by atoms with Crippen molar-refractivity contribution in [1.29, 1.82) is 0 Å². The maximum Gasteiger partial charge on any atom is 0.344 e. The third-order valence-electron chi connectivity index (χ3n) is 3.68. The standard InChI is InChI=1S/C17H15NO7/c19-14-2-1-7-18(14)15(20)9-24-17(22)10-23-12-5-3-11-4-6-16(21)25-13(11)8-12/h3-6,8H,1-2,7,9-10H2. The van der Waals surface area contributed by atoms with Crippen molar-refractivity contribution in [3.63, 3.8) is 0 Å². The number of nitrogens with zero attached hydrogens (tertiary/aromatic N) is 1. The Morgan fingerprint density at radius 2 is 1.92 bits per heavy atom. The lowest BCUT2D eigenvalue weighted by Gasteiger charge is -2.13. The molecule has 8 nitrogen and oxygen atoms in total. The van der Waals surface area contributed by atoms with Gasteiger partial charge in [0.25, 0.3) is 5.91 Å². The number of benzene rings is 1. The quantitative estimate of drug-likeness (QED) is 0.585. The van der Waals surface area contributed by atoms with E-state index in [1.165, 1.54) is 12.1 Å². The van der Waals surface area contributed by atoms with Crippen LogP contribution in [0.2, 0.25) is 0 Å². The van der Waals surface area contributed by atoms with Crippen molar-refractivity contribution in [3.05, 3.63) is 40.8 Å². The zero-order valence-corrected chi connectivity index (χ0v) is 13.2. The molecule has 8 heteroatoms. The van der Waals surface area contributed by atoms with E-state index in [0.29, 0.717) is 30.7 Å². The van der Waals surface area contributed by atoms with Gasteiger partial charge in [-0.2, -0.15) is 0 Å². The minimum Gasteiger partial charge on any atom is -0.482 e. The summed E-state index contributed by atoms with van der Waals surface area (Å²) in [5.41, 5.74) is -0.153. The van der Waals surface area contributed by atoms with Gasteiger partial charge >= 0.3 is 11.6 Å². The molecule has 2 aromatic rings. The van der Waals surface area contributed by atoms with Gasteiger partial charge in [-0.3, -0.25) is 14.5 Å². The maximum absolute atomic E-state index is 11.8. The first kappa shape index (κ1) is 16.7. The summed E-state index contributed by atoms with van der Waals surface area (Å²) in [6.07, 6.45) is 0.959. The number of carbonyl (C=O) groups excluding carboxylic acids is 3. The Labute approximate surface area is 141 Å². The molecule has 130 valence electrons. The Hall–Kier alpha value is -3.16. The van der Waals surface area contributed by atoms with Crippen LogP contribution < -0.4 is 10.4 Å². The van der Waals surface area contributed by atoms with Crippen LogP contribution in [0.25, 0.3) is 11.0 Å². The molecule has 1 aliphatic heterocycles. The number of amides is 2. The molecule has 0 bridgehead atoms. The van der Waals surface area contributed by atoms with E-state index in [4.69, 9.17) is 13.9 Å². The molecule has 0 spiro atoms. The van der Waals surface area contributed by atoms with Gasteiger partial charge in [-0.05, 0) is 24.6 Å². The van der Waals surface area contributed by atoms with Crippen LogP contribution in [-0.4, -0.2) is 42.4 Å². The second-order valence-electron chi connectivity index (χ2n) is 5.45. The minimum absolute atomic E-state index is 0.255. The molecule has 0 atom stereocenters. The lowest BCUT2D eigenvalue weighted by atomic mass is 10.2. The van der Waals surface area contributed by atoms with Gasteiger partial charge in [-0.15, -0.1) is 0 Å². The molecule has 1 aromatic heterocycles. The normalized spacial score (nSPS) is 13.9. The van der Waals surface area contributed by atoms with E-state index in [1.54, 1.807) is 18.2 Å². The van der Waals surface area contributed by atoms with Crippen molar-refractivity contribution in [3.8, 4) is 5.75 Å². The Bertz CT molecular complexity index is 886. The van der Waals surface area contributed by atoms with Crippen molar-refractivity contribution in [1.82, 2.24) is 4.90 Å². The van der Waals surface area contributed by atoms with E-state index in [9.17, 15) is 19.2 Å². The molecular formula is C17H15NO7. The third kappa shape index (κ3) is 4.03. The Kier molecular flexibility index (Phi) is 4.78. The molecular weight excluding hydrogens is 330 g/mol.